The smallest absolute Gasteiger partial charge is 0.306 e. The first-order chi connectivity index (χ1) is 13.1. The summed E-state index contributed by atoms with van der Waals surface area (Å²) in [6, 6.07) is 16.3. The van der Waals surface area contributed by atoms with Crippen LogP contribution in [0, 0.1) is 6.92 Å². The van der Waals surface area contributed by atoms with Gasteiger partial charge in [-0.05, 0) is 42.5 Å². The van der Waals surface area contributed by atoms with E-state index >= 15 is 0 Å². The third-order valence-electron chi connectivity index (χ3n) is 3.97. The zero-order valence-corrected chi connectivity index (χ0v) is 17.5. The zero-order valence-electron chi connectivity index (χ0n) is 17.5. The van der Waals surface area contributed by atoms with Gasteiger partial charge < -0.3 is 14.6 Å². The van der Waals surface area contributed by atoms with Crippen LogP contribution in [-0.4, -0.2) is 25.3 Å². The Kier molecular flexibility index (Phi) is 13.5. The standard InChI is InChI=1S/C20H24O3.C2H6.CH4O/c1-4-17(13-20(21)22-3)18-8-10-19(11-9-18)23-14-16-7-5-6-15(2)12-16;2*1-2/h5-12,17H,4,13-14H2,1-3H3;1-2H3;2H,1H3. The topological polar surface area (TPSA) is 55.8 Å². The van der Waals surface area contributed by atoms with Gasteiger partial charge in [0.1, 0.15) is 12.4 Å². The molecule has 2 rings (SSSR count). The second-order valence-electron chi connectivity index (χ2n) is 5.73. The van der Waals surface area contributed by atoms with Crippen LogP contribution in [0.5, 0.6) is 5.75 Å². The van der Waals surface area contributed by atoms with Crippen molar-refractivity contribution in [3.05, 3.63) is 65.2 Å². The minimum absolute atomic E-state index is 0.170. The molecule has 1 unspecified atom stereocenters. The fraction of sp³-hybridized carbons (Fsp3) is 0.435. The van der Waals surface area contributed by atoms with Gasteiger partial charge in [0, 0.05) is 7.11 Å². The summed E-state index contributed by atoms with van der Waals surface area (Å²) in [6.45, 7) is 8.71. The lowest BCUT2D eigenvalue weighted by molar-refractivity contribution is -0.141. The number of aliphatic hydroxyl groups is 1. The van der Waals surface area contributed by atoms with E-state index in [9.17, 15) is 4.79 Å². The third kappa shape index (κ3) is 9.25. The number of rotatable bonds is 7. The van der Waals surface area contributed by atoms with E-state index in [4.69, 9.17) is 14.6 Å². The largest absolute Gasteiger partial charge is 0.489 e. The summed E-state index contributed by atoms with van der Waals surface area (Å²) in [6.07, 6.45) is 1.31. The zero-order chi connectivity index (χ0) is 20.7. The molecule has 1 N–H and O–H groups in total. The van der Waals surface area contributed by atoms with Gasteiger partial charge >= 0.3 is 5.97 Å². The van der Waals surface area contributed by atoms with Crippen LogP contribution in [0.4, 0.5) is 0 Å². The molecule has 0 aliphatic carbocycles. The number of carbonyl (C=O) groups is 1. The predicted octanol–water partition coefficient (Wildman–Crippen LogP) is 5.27. The number of ether oxygens (including phenoxy) is 2. The van der Waals surface area contributed by atoms with Gasteiger partial charge in [0.25, 0.3) is 0 Å². The summed E-state index contributed by atoms with van der Waals surface area (Å²) in [5.41, 5.74) is 3.53. The van der Waals surface area contributed by atoms with Crippen molar-refractivity contribution in [2.45, 2.75) is 53.1 Å². The molecule has 2 aromatic rings. The number of carbonyl (C=O) groups excluding carboxylic acids is 1. The number of aliphatic hydroxyl groups excluding tert-OH is 1. The normalized spacial score (nSPS) is 10.5. The quantitative estimate of drug-likeness (QED) is 0.671. The monoisotopic (exact) mass is 374 g/mol. The highest BCUT2D eigenvalue weighted by Crippen LogP contribution is 2.26. The van der Waals surface area contributed by atoms with Crippen molar-refractivity contribution in [1.82, 2.24) is 0 Å². The van der Waals surface area contributed by atoms with Gasteiger partial charge in [-0.25, -0.2) is 0 Å². The SMILES string of the molecule is CC.CCC(CC(=O)OC)c1ccc(OCc2cccc(C)c2)cc1.CO. The van der Waals surface area contributed by atoms with Gasteiger partial charge in [0.05, 0.1) is 13.5 Å². The Hall–Kier alpha value is -2.33. The van der Waals surface area contributed by atoms with E-state index in [1.165, 1.54) is 12.7 Å². The molecule has 0 amide bonds. The Labute approximate surface area is 164 Å². The van der Waals surface area contributed by atoms with Crippen molar-refractivity contribution in [3.8, 4) is 5.75 Å². The highest BCUT2D eigenvalue weighted by Gasteiger charge is 2.14. The molecule has 0 saturated heterocycles. The van der Waals surface area contributed by atoms with Crippen molar-refractivity contribution in [1.29, 1.82) is 0 Å². The van der Waals surface area contributed by atoms with Gasteiger partial charge in [0.2, 0.25) is 0 Å². The van der Waals surface area contributed by atoms with E-state index in [1.54, 1.807) is 0 Å². The van der Waals surface area contributed by atoms with Crippen LogP contribution in [0.3, 0.4) is 0 Å². The van der Waals surface area contributed by atoms with Gasteiger partial charge in [-0.15, -0.1) is 0 Å². The first-order valence-corrected chi connectivity index (χ1v) is 9.42. The second kappa shape index (κ2) is 14.8. The van der Waals surface area contributed by atoms with E-state index in [2.05, 4.69) is 32.0 Å². The summed E-state index contributed by atoms with van der Waals surface area (Å²) < 4.78 is 10.6. The molecule has 4 heteroatoms. The molecule has 0 heterocycles. The van der Waals surface area contributed by atoms with Gasteiger partial charge in [-0.3, -0.25) is 4.79 Å². The molecule has 0 saturated carbocycles. The lowest BCUT2D eigenvalue weighted by atomic mass is 9.93. The Balaban J connectivity index is 0.00000158. The van der Waals surface area contributed by atoms with Crippen LogP contribution in [0.25, 0.3) is 0 Å². The van der Waals surface area contributed by atoms with E-state index in [1.807, 2.05) is 44.2 Å². The first-order valence-electron chi connectivity index (χ1n) is 9.42. The van der Waals surface area contributed by atoms with Crippen molar-refractivity contribution in [3.63, 3.8) is 0 Å². The molecular formula is C23H34O4. The highest BCUT2D eigenvalue weighted by atomic mass is 16.5. The summed E-state index contributed by atoms with van der Waals surface area (Å²) in [7, 11) is 2.43. The molecule has 0 aliphatic rings. The number of hydrogen-bond donors (Lipinski definition) is 1. The van der Waals surface area contributed by atoms with E-state index in [0.29, 0.717) is 13.0 Å². The van der Waals surface area contributed by atoms with Crippen LogP contribution in [-0.2, 0) is 16.1 Å². The van der Waals surface area contributed by atoms with Crippen molar-refractivity contribution >= 4 is 5.97 Å². The maximum absolute atomic E-state index is 11.5. The number of methoxy groups -OCH3 is 1. The minimum atomic E-state index is -0.170. The van der Waals surface area contributed by atoms with E-state index in [-0.39, 0.29) is 11.9 Å². The lowest BCUT2D eigenvalue weighted by Gasteiger charge is -2.15. The fourth-order valence-corrected chi connectivity index (χ4v) is 2.59. The minimum Gasteiger partial charge on any atom is -0.489 e. The Morgan fingerprint density at radius 1 is 1.07 bits per heavy atom. The third-order valence-corrected chi connectivity index (χ3v) is 3.97. The molecule has 0 aliphatic heterocycles. The Bertz CT molecular complexity index is 635. The van der Waals surface area contributed by atoms with Gasteiger partial charge in [0.15, 0.2) is 0 Å². The predicted molar refractivity (Wildman–Crippen MR) is 111 cm³/mol. The van der Waals surface area contributed by atoms with Gasteiger partial charge in [-0.1, -0.05) is 62.7 Å². The Morgan fingerprint density at radius 3 is 2.22 bits per heavy atom. The van der Waals surface area contributed by atoms with Crippen molar-refractivity contribution in [2.75, 3.05) is 14.2 Å². The highest BCUT2D eigenvalue weighted by molar-refractivity contribution is 5.70. The molecule has 4 nitrogen and oxygen atoms in total. The molecule has 0 radical (unpaired) electrons. The second-order valence-corrected chi connectivity index (χ2v) is 5.73. The number of hydrogen-bond acceptors (Lipinski definition) is 4. The molecule has 0 bridgehead atoms. The lowest BCUT2D eigenvalue weighted by Crippen LogP contribution is -2.08. The van der Waals surface area contributed by atoms with Crippen molar-refractivity contribution < 1.29 is 19.4 Å². The van der Waals surface area contributed by atoms with Crippen LogP contribution in [0.15, 0.2) is 48.5 Å². The molecule has 150 valence electrons. The maximum Gasteiger partial charge on any atom is 0.306 e. The summed E-state index contributed by atoms with van der Waals surface area (Å²) >= 11 is 0. The fourth-order valence-electron chi connectivity index (χ4n) is 2.59. The van der Waals surface area contributed by atoms with Gasteiger partial charge in [-0.2, -0.15) is 0 Å². The van der Waals surface area contributed by atoms with Crippen molar-refractivity contribution in [2.24, 2.45) is 0 Å². The number of esters is 1. The molecular weight excluding hydrogens is 340 g/mol. The van der Waals surface area contributed by atoms with Crippen LogP contribution >= 0.6 is 0 Å². The molecule has 0 spiro atoms. The maximum atomic E-state index is 11.5. The number of benzene rings is 2. The summed E-state index contributed by atoms with van der Waals surface area (Å²) in [5, 5.41) is 7.00. The molecule has 0 aromatic heterocycles. The Morgan fingerprint density at radius 2 is 1.70 bits per heavy atom. The van der Waals surface area contributed by atoms with E-state index in [0.717, 1.165) is 30.4 Å². The molecule has 1 atom stereocenters. The summed E-state index contributed by atoms with van der Waals surface area (Å²) in [4.78, 5) is 11.5. The summed E-state index contributed by atoms with van der Waals surface area (Å²) in [5.74, 6) is 0.855. The average molecular weight is 375 g/mol. The average Bonchev–Trinajstić information content (AvgIpc) is 2.73. The number of aryl methyl sites for hydroxylation is 1. The van der Waals surface area contributed by atoms with E-state index < -0.39 is 0 Å². The molecule has 27 heavy (non-hydrogen) atoms. The molecule has 2 aromatic carbocycles. The van der Waals surface area contributed by atoms with Crippen LogP contribution in [0.2, 0.25) is 0 Å². The van der Waals surface area contributed by atoms with Crippen LogP contribution in [0.1, 0.15) is 56.2 Å². The molecule has 0 fully saturated rings. The first kappa shape index (κ1) is 24.7. The van der Waals surface area contributed by atoms with Crippen LogP contribution < -0.4 is 4.74 Å².